The van der Waals surface area contributed by atoms with Crippen molar-refractivity contribution in [2.24, 2.45) is 0 Å². The minimum absolute atomic E-state index is 0.165. The molecule has 1 saturated carbocycles. The summed E-state index contributed by atoms with van der Waals surface area (Å²) in [5.74, 6) is -0.832. The summed E-state index contributed by atoms with van der Waals surface area (Å²) in [7, 11) is 0. The van der Waals surface area contributed by atoms with Crippen molar-refractivity contribution in [1.29, 1.82) is 0 Å². The molecule has 0 radical (unpaired) electrons. The lowest BCUT2D eigenvalue weighted by molar-refractivity contribution is -0.142. The molecule has 0 aliphatic heterocycles. The minimum Gasteiger partial charge on any atom is -0.480 e. The van der Waals surface area contributed by atoms with Crippen LogP contribution < -0.4 is 5.32 Å². The number of carboxylic acid groups (broad SMARTS) is 1. The molecule has 1 atom stereocenters. The van der Waals surface area contributed by atoms with Gasteiger partial charge in [0.2, 0.25) is 0 Å². The van der Waals surface area contributed by atoms with Crippen molar-refractivity contribution in [3.05, 3.63) is 0 Å². The van der Waals surface area contributed by atoms with Crippen molar-refractivity contribution in [2.75, 3.05) is 6.61 Å². The third-order valence-corrected chi connectivity index (χ3v) is 2.63. The summed E-state index contributed by atoms with van der Waals surface area (Å²) in [5.41, 5.74) is 0. The molecule has 1 unspecified atom stereocenters. The van der Waals surface area contributed by atoms with Gasteiger partial charge in [0.05, 0.1) is 12.7 Å². The molecule has 2 N–H and O–H groups in total. The van der Waals surface area contributed by atoms with E-state index in [2.05, 4.69) is 5.32 Å². The molecular formula is C11H21NO3. The van der Waals surface area contributed by atoms with Crippen LogP contribution in [0.1, 0.15) is 39.5 Å². The summed E-state index contributed by atoms with van der Waals surface area (Å²) in [6.45, 7) is 4.15. The van der Waals surface area contributed by atoms with Gasteiger partial charge in [0, 0.05) is 6.04 Å². The number of ether oxygens (including phenoxy) is 1. The van der Waals surface area contributed by atoms with Gasteiger partial charge >= 0.3 is 5.97 Å². The number of rotatable bonds is 6. The first-order valence-corrected chi connectivity index (χ1v) is 5.70. The van der Waals surface area contributed by atoms with E-state index in [1.807, 2.05) is 13.8 Å². The summed E-state index contributed by atoms with van der Waals surface area (Å²) in [5, 5.41) is 11.9. The molecule has 0 saturated heterocycles. The highest BCUT2D eigenvalue weighted by Crippen LogP contribution is 2.20. The van der Waals surface area contributed by atoms with Crippen molar-refractivity contribution < 1.29 is 14.6 Å². The first kappa shape index (κ1) is 12.5. The number of aliphatic carboxylic acids is 1. The van der Waals surface area contributed by atoms with Crippen molar-refractivity contribution >= 4 is 5.97 Å². The maximum Gasteiger partial charge on any atom is 0.323 e. The third-order valence-electron chi connectivity index (χ3n) is 2.63. The molecule has 0 aromatic carbocycles. The molecule has 0 heterocycles. The van der Waals surface area contributed by atoms with Gasteiger partial charge < -0.3 is 15.2 Å². The van der Waals surface area contributed by atoms with E-state index >= 15 is 0 Å². The zero-order valence-electron chi connectivity index (χ0n) is 9.53. The Kier molecular flexibility index (Phi) is 5.05. The Labute approximate surface area is 91.0 Å². The van der Waals surface area contributed by atoms with Crippen molar-refractivity contribution in [3.8, 4) is 0 Å². The Morgan fingerprint density at radius 1 is 1.47 bits per heavy atom. The summed E-state index contributed by atoms with van der Waals surface area (Å²) < 4.78 is 5.58. The van der Waals surface area contributed by atoms with E-state index in [0.717, 1.165) is 12.8 Å². The van der Waals surface area contributed by atoms with Gasteiger partial charge in [-0.25, -0.2) is 0 Å². The van der Waals surface area contributed by atoms with E-state index in [1.54, 1.807) is 0 Å². The van der Waals surface area contributed by atoms with E-state index < -0.39 is 12.0 Å². The summed E-state index contributed by atoms with van der Waals surface area (Å²) in [6, 6.07) is -0.413. The minimum atomic E-state index is -0.832. The van der Waals surface area contributed by atoms with Gasteiger partial charge in [-0.1, -0.05) is 26.7 Å². The zero-order valence-corrected chi connectivity index (χ0v) is 9.53. The summed E-state index contributed by atoms with van der Waals surface area (Å²) >= 11 is 0. The molecule has 0 spiro atoms. The fourth-order valence-electron chi connectivity index (χ4n) is 1.88. The van der Waals surface area contributed by atoms with Crippen LogP contribution in [0.2, 0.25) is 0 Å². The summed E-state index contributed by atoms with van der Waals surface area (Å²) in [4.78, 5) is 10.9. The number of nitrogens with one attached hydrogen (secondary N) is 1. The van der Waals surface area contributed by atoms with Crippen LogP contribution in [0.25, 0.3) is 0 Å². The largest absolute Gasteiger partial charge is 0.480 e. The molecule has 0 bridgehead atoms. The van der Waals surface area contributed by atoms with Gasteiger partial charge in [-0.15, -0.1) is 0 Å². The second-order valence-corrected chi connectivity index (χ2v) is 4.45. The second kappa shape index (κ2) is 6.08. The van der Waals surface area contributed by atoms with Gasteiger partial charge in [-0.3, -0.25) is 4.79 Å². The van der Waals surface area contributed by atoms with Gasteiger partial charge in [0.15, 0.2) is 0 Å². The van der Waals surface area contributed by atoms with Gasteiger partial charge in [0.1, 0.15) is 6.04 Å². The first-order chi connectivity index (χ1) is 7.09. The van der Waals surface area contributed by atoms with Gasteiger partial charge in [0.25, 0.3) is 0 Å². The molecular weight excluding hydrogens is 194 g/mol. The normalized spacial score (nSPS) is 19.7. The van der Waals surface area contributed by atoms with Crippen LogP contribution in [0.3, 0.4) is 0 Å². The number of carboxylic acids is 1. The van der Waals surface area contributed by atoms with E-state index in [1.165, 1.54) is 12.8 Å². The highest BCUT2D eigenvalue weighted by atomic mass is 16.5. The lowest BCUT2D eigenvalue weighted by atomic mass is 10.2. The molecule has 0 amide bonds. The highest BCUT2D eigenvalue weighted by molar-refractivity contribution is 5.73. The van der Waals surface area contributed by atoms with E-state index in [0.29, 0.717) is 0 Å². The average Bonchev–Trinajstić information content (AvgIpc) is 2.63. The van der Waals surface area contributed by atoms with Crippen LogP contribution >= 0.6 is 0 Å². The molecule has 0 aromatic rings. The lowest BCUT2D eigenvalue weighted by Gasteiger charge is -2.19. The van der Waals surface area contributed by atoms with Crippen LogP contribution in [0.15, 0.2) is 0 Å². The maximum absolute atomic E-state index is 10.9. The maximum atomic E-state index is 10.9. The molecule has 4 nitrogen and oxygen atoms in total. The Balaban J connectivity index is 2.27. The van der Waals surface area contributed by atoms with E-state index in [-0.39, 0.29) is 18.8 Å². The van der Waals surface area contributed by atoms with Crippen molar-refractivity contribution in [1.82, 2.24) is 5.32 Å². The van der Waals surface area contributed by atoms with Crippen LogP contribution in [0.5, 0.6) is 0 Å². The fraction of sp³-hybridized carbons (Fsp3) is 0.909. The monoisotopic (exact) mass is 215 g/mol. The molecule has 4 heteroatoms. The fourth-order valence-corrected chi connectivity index (χ4v) is 1.88. The molecule has 88 valence electrons. The number of hydrogen-bond donors (Lipinski definition) is 2. The Hall–Kier alpha value is -0.610. The first-order valence-electron chi connectivity index (χ1n) is 5.70. The topological polar surface area (TPSA) is 58.6 Å². The van der Waals surface area contributed by atoms with Crippen LogP contribution in [0.4, 0.5) is 0 Å². The molecule has 1 aliphatic carbocycles. The molecule has 1 rings (SSSR count). The highest BCUT2D eigenvalue weighted by Gasteiger charge is 2.22. The number of carbonyl (C=O) groups is 1. The van der Waals surface area contributed by atoms with E-state index in [9.17, 15) is 4.79 Å². The smallest absolute Gasteiger partial charge is 0.323 e. The summed E-state index contributed by atoms with van der Waals surface area (Å²) in [6.07, 6.45) is 4.85. The van der Waals surface area contributed by atoms with Gasteiger partial charge in [-0.05, 0) is 12.8 Å². The Morgan fingerprint density at radius 2 is 2.07 bits per heavy atom. The van der Waals surface area contributed by atoms with Crippen LogP contribution in [-0.4, -0.2) is 35.9 Å². The second-order valence-electron chi connectivity index (χ2n) is 4.45. The van der Waals surface area contributed by atoms with Crippen molar-refractivity contribution in [2.45, 2.75) is 57.7 Å². The Morgan fingerprint density at radius 3 is 2.53 bits per heavy atom. The van der Waals surface area contributed by atoms with Crippen LogP contribution in [0, 0.1) is 0 Å². The molecule has 1 fully saturated rings. The van der Waals surface area contributed by atoms with Crippen LogP contribution in [-0.2, 0) is 9.53 Å². The lowest BCUT2D eigenvalue weighted by Crippen LogP contribution is -2.44. The van der Waals surface area contributed by atoms with Crippen molar-refractivity contribution in [3.63, 3.8) is 0 Å². The molecule has 15 heavy (non-hydrogen) atoms. The molecule has 1 aliphatic rings. The predicted octanol–water partition coefficient (Wildman–Crippen LogP) is 1.40. The average molecular weight is 215 g/mol. The zero-order chi connectivity index (χ0) is 11.3. The molecule has 0 aromatic heterocycles. The third kappa shape index (κ3) is 4.62. The Bertz CT molecular complexity index is 200. The van der Waals surface area contributed by atoms with Gasteiger partial charge in [-0.2, -0.15) is 0 Å². The van der Waals surface area contributed by atoms with E-state index in [4.69, 9.17) is 9.84 Å². The standard InChI is InChI=1S/C11H21NO3/c1-8(2)12-10(11(13)14)7-15-9-5-3-4-6-9/h8-10,12H,3-7H2,1-2H3,(H,13,14). The number of hydrogen-bond acceptors (Lipinski definition) is 3. The predicted molar refractivity (Wildman–Crippen MR) is 57.9 cm³/mol. The quantitative estimate of drug-likeness (QED) is 0.703. The SMILES string of the molecule is CC(C)NC(COC1CCCC1)C(=O)O.